The summed E-state index contributed by atoms with van der Waals surface area (Å²) in [5.74, 6) is 0.281. The van der Waals surface area contributed by atoms with E-state index in [1.165, 1.54) is 6.07 Å². The van der Waals surface area contributed by atoms with Crippen LogP contribution >= 0.6 is 0 Å². The molecule has 0 spiro atoms. The van der Waals surface area contributed by atoms with Crippen LogP contribution in [0, 0.1) is 11.6 Å². The lowest BCUT2D eigenvalue weighted by Gasteiger charge is -2.36. The van der Waals surface area contributed by atoms with Crippen LogP contribution in [0.5, 0.6) is 0 Å². The highest BCUT2D eigenvalue weighted by Gasteiger charge is 2.27. The molecule has 0 aliphatic carbocycles. The third-order valence-electron chi connectivity index (χ3n) is 4.76. The van der Waals surface area contributed by atoms with Crippen molar-refractivity contribution in [1.29, 1.82) is 0 Å². The summed E-state index contributed by atoms with van der Waals surface area (Å²) in [7, 11) is 0. The van der Waals surface area contributed by atoms with Gasteiger partial charge in [-0.1, -0.05) is 0 Å². The molecule has 1 atom stereocenters. The van der Waals surface area contributed by atoms with E-state index in [9.17, 15) is 13.6 Å². The number of urea groups is 1. The Kier molecular flexibility index (Phi) is 4.51. The maximum atomic E-state index is 13.7. The Bertz CT molecular complexity index is 844. The van der Waals surface area contributed by atoms with Crippen LogP contribution in [0.15, 0.2) is 40.1 Å². The Balaban J connectivity index is 1.35. The van der Waals surface area contributed by atoms with Crippen LogP contribution in [-0.2, 0) is 0 Å². The van der Waals surface area contributed by atoms with E-state index in [4.69, 9.17) is 0 Å². The van der Waals surface area contributed by atoms with Gasteiger partial charge in [0.05, 0.1) is 18.1 Å². The summed E-state index contributed by atoms with van der Waals surface area (Å²) in [6, 6.07) is 2.93. The van der Waals surface area contributed by atoms with Crippen LogP contribution in [-0.4, -0.2) is 71.7 Å². The van der Waals surface area contributed by atoms with Gasteiger partial charge in [-0.15, -0.1) is 0 Å². The number of hydrogen-bond acceptors (Lipinski definition) is 5. The van der Waals surface area contributed by atoms with Crippen LogP contribution in [0.4, 0.5) is 19.3 Å². The number of halogens is 2. The summed E-state index contributed by atoms with van der Waals surface area (Å²) in [5, 5.41) is 2.49. The predicted octanol–water partition coefficient (Wildman–Crippen LogP) is 2.10. The number of piperazine rings is 1. The van der Waals surface area contributed by atoms with E-state index in [-0.39, 0.29) is 11.7 Å². The first-order valence-electron chi connectivity index (χ1n) is 8.86. The van der Waals surface area contributed by atoms with Crippen molar-refractivity contribution in [3.05, 3.63) is 41.7 Å². The molecule has 0 aromatic heterocycles. The Labute approximate surface area is 155 Å². The van der Waals surface area contributed by atoms with Crippen molar-refractivity contribution in [1.82, 2.24) is 14.7 Å². The van der Waals surface area contributed by atoms with Gasteiger partial charge in [-0.2, -0.15) is 0 Å². The zero-order chi connectivity index (χ0) is 19.0. The fourth-order valence-electron chi connectivity index (χ4n) is 3.32. The lowest BCUT2D eigenvalue weighted by atomic mass is 10.3. The number of amides is 2. The van der Waals surface area contributed by atoms with Gasteiger partial charge in [0.15, 0.2) is 0 Å². The monoisotopic (exact) mass is 374 g/mol. The second kappa shape index (κ2) is 6.98. The number of amidine groups is 1. The van der Waals surface area contributed by atoms with Gasteiger partial charge in [-0.3, -0.25) is 4.99 Å². The lowest BCUT2D eigenvalue weighted by molar-refractivity contribution is 0.166. The normalized spacial score (nSPS) is 21.7. The SMILES string of the molecule is C[C@H]1CN2C=NC(N3CCN(C(=O)Nc4ccc(F)cc4F)CC3)=CC2=N1. The summed E-state index contributed by atoms with van der Waals surface area (Å²) in [6.45, 7) is 5.10. The van der Waals surface area contributed by atoms with Crippen LogP contribution in [0.25, 0.3) is 0 Å². The molecular weight excluding hydrogens is 354 g/mol. The number of benzene rings is 1. The van der Waals surface area contributed by atoms with Gasteiger partial charge in [0.1, 0.15) is 23.3 Å². The van der Waals surface area contributed by atoms with Gasteiger partial charge in [-0.05, 0) is 19.1 Å². The molecule has 1 aromatic carbocycles. The van der Waals surface area contributed by atoms with Gasteiger partial charge in [0.25, 0.3) is 0 Å². The maximum absolute atomic E-state index is 13.7. The molecule has 142 valence electrons. The third-order valence-corrected chi connectivity index (χ3v) is 4.76. The van der Waals surface area contributed by atoms with Gasteiger partial charge in [-0.25, -0.2) is 18.6 Å². The maximum Gasteiger partial charge on any atom is 0.322 e. The number of carbonyl (C=O) groups is 1. The van der Waals surface area contributed by atoms with Gasteiger partial charge >= 0.3 is 6.03 Å². The van der Waals surface area contributed by atoms with E-state index in [1.54, 1.807) is 11.2 Å². The molecule has 4 rings (SSSR count). The van der Waals surface area contributed by atoms with Crippen LogP contribution < -0.4 is 5.32 Å². The molecule has 0 bridgehead atoms. The molecular formula is C18H20F2N6O. The second-order valence-electron chi connectivity index (χ2n) is 6.76. The smallest absolute Gasteiger partial charge is 0.322 e. The van der Waals surface area contributed by atoms with Crippen molar-refractivity contribution in [3.8, 4) is 0 Å². The van der Waals surface area contributed by atoms with Crippen LogP contribution in [0.3, 0.4) is 0 Å². The number of hydrogen-bond donors (Lipinski definition) is 1. The van der Waals surface area contributed by atoms with E-state index in [2.05, 4.69) is 27.1 Å². The third kappa shape index (κ3) is 3.62. The average molecular weight is 374 g/mol. The molecule has 0 unspecified atom stereocenters. The highest BCUT2D eigenvalue weighted by molar-refractivity contribution is 6.03. The molecule has 9 heteroatoms. The van der Waals surface area contributed by atoms with Crippen molar-refractivity contribution in [3.63, 3.8) is 0 Å². The first-order chi connectivity index (χ1) is 13.0. The lowest BCUT2D eigenvalue weighted by Crippen LogP contribution is -2.50. The van der Waals surface area contributed by atoms with Gasteiger partial charge < -0.3 is 20.0 Å². The summed E-state index contributed by atoms with van der Waals surface area (Å²) in [6.07, 6.45) is 3.77. The summed E-state index contributed by atoms with van der Waals surface area (Å²) in [4.78, 5) is 27.1. The van der Waals surface area contributed by atoms with Crippen LogP contribution in [0.1, 0.15) is 6.92 Å². The number of rotatable bonds is 2. The molecule has 1 saturated heterocycles. The van der Waals surface area contributed by atoms with Crippen molar-refractivity contribution >= 4 is 23.9 Å². The van der Waals surface area contributed by atoms with E-state index >= 15 is 0 Å². The fourth-order valence-corrected chi connectivity index (χ4v) is 3.32. The van der Waals surface area contributed by atoms with Crippen molar-refractivity contribution in [2.45, 2.75) is 13.0 Å². The molecule has 3 heterocycles. The molecule has 7 nitrogen and oxygen atoms in total. The average Bonchev–Trinajstić information content (AvgIpc) is 3.03. The van der Waals surface area contributed by atoms with Crippen molar-refractivity contribution < 1.29 is 13.6 Å². The van der Waals surface area contributed by atoms with Crippen LogP contribution in [0.2, 0.25) is 0 Å². The minimum absolute atomic E-state index is 0.0307. The number of nitrogens with one attached hydrogen (secondary N) is 1. The zero-order valence-electron chi connectivity index (χ0n) is 14.9. The summed E-state index contributed by atoms with van der Waals surface area (Å²) in [5.41, 5.74) is -0.0307. The van der Waals surface area contributed by atoms with Gasteiger partial charge in [0.2, 0.25) is 0 Å². The minimum Gasteiger partial charge on any atom is -0.353 e. The Hall–Kier alpha value is -2.97. The van der Waals surface area contributed by atoms with Crippen molar-refractivity contribution in [2.75, 3.05) is 38.0 Å². The van der Waals surface area contributed by atoms with E-state index < -0.39 is 17.7 Å². The Morgan fingerprint density at radius 3 is 2.74 bits per heavy atom. The largest absolute Gasteiger partial charge is 0.353 e. The standard InChI is InChI=1S/C18H20F2N6O/c1-12-10-26-11-21-16(9-17(26)22-12)24-4-6-25(7-5-24)18(27)23-15-3-2-13(19)8-14(15)20/h2-3,8-9,11-12H,4-7,10H2,1H3,(H,23,27)/t12-/m0/s1. The predicted molar refractivity (Wildman–Crippen MR) is 98.7 cm³/mol. The topological polar surface area (TPSA) is 63.5 Å². The van der Waals surface area contributed by atoms with E-state index in [0.29, 0.717) is 26.2 Å². The number of aliphatic imine (C=N–C) groups is 2. The first kappa shape index (κ1) is 17.4. The molecule has 27 heavy (non-hydrogen) atoms. The fraction of sp³-hybridized carbons (Fsp3) is 0.389. The highest BCUT2D eigenvalue weighted by atomic mass is 19.1. The van der Waals surface area contributed by atoms with E-state index in [0.717, 1.165) is 30.3 Å². The quantitative estimate of drug-likeness (QED) is 0.862. The van der Waals surface area contributed by atoms with Crippen molar-refractivity contribution in [2.24, 2.45) is 9.98 Å². The summed E-state index contributed by atoms with van der Waals surface area (Å²) >= 11 is 0. The molecule has 1 N–H and O–H groups in total. The molecule has 3 aliphatic heterocycles. The Morgan fingerprint density at radius 1 is 1.22 bits per heavy atom. The number of anilines is 1. The van der Waals surface area contributed by atoms with Gasteiger partial charge in [0, 0.05) is 44.9 Å². The molecule has 1 fully saturated rings. The first-order valence-corrected chi connectivity index (χ1v) is 8.86. The minimum atomic E-state index is -0.792. The molecule has 2 amide bonds. The molecule has 0 radical (unpaired) electrons. The summed E-state index contributed by atoms with van der Waals surface area (Å²) < 4.78 is 26.7. The molecule has 3 aliphatic rings. The molecule has 0 saturated carbocycles. The number of nitrogens with zero attached hydrogens (tertiary/aromatic N) is 5. The zero-order valence-corrected chi connectivity index (χ0v) is 14.9. The second-order valence-corrected chi connectivity index (χ2v) is 6.76. The number of carbonyl (C=O) groups excluding carboxylic acids is 1. The Morgan fingerprint density at radius 2 is 2.00 bits per heavy atom. The number of fused-ring (bicyclic) bond motifs is 1. The molecule has 1 aromatic rings. The highest BCUT2D eigenvalue weighted by Crippen LogP contribution is 2.20. The van der Waals surface area contributed by atoms with E-state index in [1.807, 2.05) is 11.0 Å².